The van der Waals surface area contributed by atoms with Gasteiger partial charge in [-0.3, -0.25) is 9.32 Å². The number of aliphatic hydroxyl groups excluding tert-OH is 1. The molecule has 1 unspecified atom stereocenters. The Kier molecular flexibility index (Phi) is 7.29. The molecule has 0 aromatic carbocycles. The maximum Gasteiger partial charge on any atom is 1.00 e. The Labute approximate surface area is 81.3 Å². The third-order valence-corrected chi connectivity index (χ3v) is 1.36. The Bertz CT molecular complexity index is 188. The molecule has 6 nitrogen and oxygen atoms in total. The average molecular weight is 191 g/mol. The molecule has 8 heteroatoms. The number of hydrogen-bond acceptors (Lipinski definition) is 4. The van der Waals surface area contributed by atoms with Crippen molar-refractivity contribution in [2.75, 3.05) is 6.61 Å². The number of rotatable bonds is 4. The topological polar surface area (TPSA) is 104 Å². The van der Waals surface area contributed by atoms with Crippen LogP contribution in [0.3, 0.4) is 0 Å². The van der Waals surface area contributed by atoms with E-state index in [1.807, 2.05) is 0 Å². The maximum absolute atomic E-state index is 10.3. The van der Waals surface area contributed by atoms with E-state index in [-0.39, 0.29) is 18.9 Å². The van der Waals surface area contributed by atoms with Gasteiger partial charge in [0.1, 0.15) is 6.10 Å². The van der Waals surface area contributed by atoms with Crippen LogP contribution in [0, 0.1) is 0 Å². The van der Waals surface area contributed by atoms with Crippen LogP contribution in [0.1, 0.15) is 6.92 Å². The Hall–Kier alpha value is 0.337. The predicted octanol–water partition coefficient (Wildman–Crippen LogP) is -3.95. The van der Waals surface area contributed by atoms with E-state index in [9.17, 15) is 9.36 Å². The SMILES string of the molecule is CC(=O)C(O)COP(=O)(O)O.[Li+]. The van der Waals surface area contributed by atoms with Gasteiger partial charge in [0.15, 0.2) is 5.78 Å². The molecule has 0 bridgehead atoms. The molecule has 0 radical (unpaired) electrons. The molecule has 0 aliphatic rings. The zero-order valence-electron chi connectivity index (χ0n) is 6.80. The summed E-state index contributed by atoms with van der Waals surface area (Å²) in [5, 5.41) is 8.67. The van der Waals surface area contributed by atoms with Gasteiger partial charge >= 0.3 is 26.7 Å². The van der Waals surface area contributed by atoms with Crippen molar-refractivity contribution in [2.45, 2.75) is 13.0 Å². The first-order chi connectivity index (χ1) is 4.83. The van der Waals surface area contributed by atoms with Crippen molar-refractivity contribution >= 4 is 13.6 Å². The van der Waals surface area contributed by atoms with E-state index in [0.29, 0.717) is 0 Å². The Balaban J connectivity index is 0. The molecule has 0 aliphatic carbocycles. The molecule has 0 amide bonds. The number of Topliss-reactive ketones (excluding diaryl/α,β-unsaturated/α-hetero) is 1. The number of phosphoric ester groups is 1. The van der Waals surface area contributed by atoms with Crippen molar-refractivity contribution in [1.29, 1.82) is 0 Å². The van der Waals surface area contributed by atoms with Crippen LogP contribution in [0.25, 0.3) is 0 Å². The van der Waals surface area contributed by atoms with E-state index in [0.717, 1.165) is 6.92 Å². The van der Waals surface area contributed by atoms with Crippen LogP contribution < -0.4 is 18.9 Å². The summed E-state index contributed by atoms with van der Waals surface area (Å²) in [6.45, 7) is 0.410. The molecule has 0 aromatic heterocycles. The Morgan fingerprint density at radius 1 is 1.58 bits per heavy atom. The van der Waals surface area contributed by atoms with Crippen LogP contribution in [0.15, 0.2) is 0 Å². The fourth-order valence-electron chi connectivity index (χ4n) is 0.285. The normalized spacial score (nSPS) is 13.3. The van der Waals surface area contributed by atoms with Crippen molar-refractivity contribution < 1.29 is 47.6 Å². The summed E-state index contributed by atoms with van der Waals surface area (Å²) in [6, 6.07) is 0. The Morgan fingerprint density at radius 2 is 2.00 bits per heavy atom. The standard InChI is InChI=1S/C4H9O6P.Li/c1-3(5)4(6)2-10-11(7,8)9;/h4,6H,2H2,1H3,(H2,7,8,9);/q;+1. The van der Waals surface area contributed by atoms with Gasteiger partial charge < -0.3 is 14.9 Å². The second-order valence-electron chi connectivity index (χ2n) is 1.91. The van der Waals surface area contributed by atoms with Gasteiger partial charge in [-0.1, -0.05) is 0 Å². The first-order valence-corrected chi connectivity index (χ1v) is 4.24. The van der Waals surface area contributed by atoms with E-state index in [4.69, 9.17) is 14.9 Å². The third-order valence-electron chi connectivity index (χ3n) is 0.870. The quantitative estimate of drug-likeness (QED) is 0.309. The molecule has 0 saturated carbocycles. The van der Waals surface area contributed by atoms with E-state index in [1.54, 1.807) is 0 Å². The van der Waals surface area contributed by atoms with Crippen LogP contribution in [-0.4, -0.2) is 33.4 Å². The fourth-order valence-corrected chi connectivity index (χ4v) is 0.620. The third kappa shape index (κ3) is 8.43. The van der Waals surface area contributed by atoms with Crippen LogP contribution >= 0.6 is 7.82 Å². The van der Waals surface area contributed by atoms with Gasteiger partial charge in [0, 0.05) is 0 Å². The van der Waals surface area contributed by atoms with Crippen LogP contribution in [-0.2, 0) is 13.9 Å². The monoisotopic (exact) mass is 191 g/mol. The van der Waals surface area contributed by atoms with Crippen molar-refractivity contribution in [2.24, 2.45) is 0 Å². The molecule has 66 valence electrons. The first kappa shape index (κ1) is 14.8. The molecule has 0 fully saturated rings. The van der Waals surface area contributed by atoms with Gasteiger partial charge in [0.2, 0.25) is 0 Å². The molecule has 0 aromatic rings. The van der Waals surface area contributed by atoms with E-state index >= 15 is 0 Å². The van der Waals surface area contributed by atoms with Gasteiger partial charge in [0.05, 0.1) is 6.61 Å². The maximum atomic E-state index is 10.3. The summed E-state index contributed by atoms with van der Waals surface area (Å²) in [5.41, 5.74) is 0. The zero-order chi connectivity index (χ0) is 9.07. The largest absolute Gasteiger partial charge is 1.00 e. The smallest absolute Gasteiger partial charge is 0.383 e. The summed E-state index contributed by atoms with van der Waals surface area (Å²) < 4.78 is 13.9. The number of aliphatic hydroxyl groups is 1. The van der Waals surface area contributed by atoms with Crippen molar-refractivity contribution in [3.63, 3.8) is 0 Å². The van der Waals surface area contributed by atoms with Gasteiger partial charge in [-0.15, -0.1) is 0 Å². The van der Waals surface area contributed by atoms with Gasteiger partial charge in [-0.05, 0) is 6.92 Å². The molecular weight excluding hydrogens is 182 g/mol. The molecule has 0 aliphatic heterocycles. The molecule has 0 heterocycles. The minimum Gasteiger partial charge on any atom is -0.383 e. The van der Waals surface area contributed by atoms with Crippen LogP contribution in [0.5, 0.6) is 0 Å². The minimum absolute atomic E-state index is 0. The number of carbonyl (C=O) groups excluding carboxylic acids is 1. The summed E-state index contributed by atoms with van der Waals surface area (Å²) in [5.74, 6) is -0.599. The van der Waals surface area contributed by atoms with Crippen LogP contribution in [0.2, 0.25) is 0 Å². The van der Waals surface area contributed by atoms with Crippen molar-refractivity contribution in [3.8, 4) is 0 Å². The van der Waals surface area contributed by atoms with E-state index < -0.39 is 26.3 Å². The molecule has 1 atom stereocenters. The van der Waals surface area contributed by atoms with Gasteiger partial charge in [0.25, 0.3) is 0 Å². The summed E-state index contributed by atoms with van der Waals surface area (Å²) in [4.78, 5) is 26.5. The fraction of sp³-hybridized carbons (Fsp3) is 0.750. The summed E-state index contributed by atoms with van der Waals surface area (Å²) in [6.07, 6.45) is -1.47. The zero-order valence-corrected chi connectivity index (χ0v) is 7.69. The van der Waals surface area contributed by atoms with Crippen LogP contribution in [0.4, 0.5) is 0 Å². The molecule has 0 spiro atoms. The predicted molar refractivity (Wildman–Crippen MR) is 34.7 cm³/mol. The molecule has 12 heavy (non-hydrogen) atoms. The molecule has 3 N–H and O–H groups in total. The second-order valence-corrected chi connectivity index (χ2v) is 3.15. The average Bonchev–Trinajstić information content (AvgIpc) is 1.80. The van der Waals surface area contributed by atoms with E-state index in [1.165, 1.54) is 0 Å². The first-order valence-electron chi connectivity index (χ1n) is 2.71. The number of carbonyl (C=O) groups is 1. The minimum atomic E-state index is -4.57. The molecule has 0 saturated heterocycles. The van der Waals surface area contributed by atoms with E-state index in [2.05, 4.69) is 4.52 Å². The van der Waals surface area contributed by atoms with Gasteiger partial charge in [-0.25, -0.2) is 4.57 Å². The molecule has 0 rings (SSSR count). The van der Waals surface area contributed by atoms with Crippen molar-refractivity contribution in [3.05, 3.63) is 0 Å². The Morgan fingerprint density at radius 3 is 2.25 bits per heavy atom. The number of ketones is 1. The van der Waals surface area contributed by atoms with Gasteiger partial charge in [-0.2, -0.15) is 0 Å². The summed E-state index contributed by atoms with van der Waals surface area (Å²) in [7, 11) is -4.57. The molecular formula is C4H9LiO6P+. The van der Waals surface area contributed by atoms with Crippen molar-refractivity contribution in [1.82, 2.24) is 0 Å². The second kappa shape index (κ2) is 5.89. The number of hydrogen-bond donors (Lipinski definition) is 3. The number of phosphoric acid groups is 1. The summed E-state index contributed by atoms with van der Waals surface area (Å²) >= 11 is 0.